The number of hydrogen-bond donors (Lipinski definition) is 0. The fraction of sp³-hybridized carbons (Fsp3) is 0.600. The maximum atomic E-state index is 13.7. The van der Waals surface area contributed by atoms with Crippen molar-refractivity contribution in [3.63, 3.8) is 0 Å². The van der Waals surface area contributed by atoms with Crippen molar-refractivity contribution >= 4 is 23.5 Å². The molecule has 4 heteroatoms. The van der Waals surface area contributed by atoms with Crippen LogP contribution in [0.15, 0.2) is 23.1 Å². The average Bonchev–Trinajstić information content (AvgIpc) is 3.24. The minimum absolute atomic E-state index is 0.233. The standard InChI is InChI=1S/C15H19FOS2/c16-13-7-6-12(19-15-10-18-15)8-14(13)17-9-11-4-2-1-3-5-11/h6-8,11,15H,1-5,9-10H2. The van der Waals surface area contributed by atoms with Gasteiger partial charge in [0.15, 0.2) is 11.6 Å². The van der Waals surface area contributed by atoms with Crippen molar-refractivity contribution in [3.05, 3.63) is 24.0 Å². The second-order valence-electron chi connectivity index (χ2n) is 5.29. The van der Waals surface area contributed by atoms with Gasteiger partial charge in [-0.2, -0.15) is 0 Å². The number of rotatable bonds is 5. The topological polar surface area (TPSA) is 9.23 Å². The van der Waals surface area contributed by atoms with E-state index in [0.717, 1.165) is 4.90 Å². The molecular formula is C15H19FOS2. The van der Waals surface area contributed by atoms with E-state index >= 15 is 0 Å². The van der Waals surface area contributed by atoms with Crippen LogP contribution >= 0.6 is 23.5 Å². The van der Waals surface area contributed by atoms with Crippen LogP contribution < -0.4 is 4.74 Å². The van der Waals surface area contributed by atoms with E-state index in [1.54, 1.807) is 0 Å². The number of benzene rings is 1. The summed E-state index contributed by atoms with van der Waals surface area (Å²) in [6.45, 7) is 0.670. The summed E-state index contributed by atoms with van der Waals surface area (Å²) in [5.74, 6) is 2.02. The molecule has 1 heterocycles. The molecule has 0 bridgehead atoms. The van der Waals surface area contributed by atoms with E-state index in [0.29, 0.717) is 22.9 Å². The number of ether oxygens (including phenoxy) is 1. The molecular weight excluding hydrogens is 279 g/mol. The normalized spacial score (nSPS) is 23.3. The van der Waals surface area contributed by atoms with E-state index < -0.39 is 0 Å². The van der Waals surface area contributed by atoms with Crippen LogP contribution in [0, 0.1) is 11.7 Å². The van der Waals surface area contributed by atoms with Crippen molar-refractivity contribution in [2.75, 3.05) is 12.4 Å². The third-order valence-corrected chi connectivity index (χ3v) is 6.17. The molecule has 0 amide bonds. The summed E-state index contributed by atoms with van der Waals surface area (Å²) >= 11 is 3.75. The van der Waals surface area contributed by atoms with Crippen LogP contribution in [0.5, 0.6) is 5.75 Å². The summed E-state index contributed by atoms with van der Waals surface area (Å²) in [5.41, 5.74) is 0. The lowest BCUT2D eigenvalue weighted by molar-refractivity contribution is 0.202. The van der Waals surface area contributed by atoms with Gasteiger partial charge in [0.1, 0.15) is 0 Å². The Hall–Kier alpha value is -0.350. The Morgan fingerprint density at radius 3 is 2.79 bits per heavy atom. The molecule has 0 spiro atoms. The predicted octanol–water partition coefficient (Wildman–Crippen LogP) is 4.95. The highest BCUT2D eigenvalue weighted by molar-refractivity contribution is 8.23. The van der Waals surface area contributed by atoms with Crippen molar-refractivity contribution < 1.29 is 9.13 Å². The van der Waals surface area contributed by atoms with E-state index in [2.05, 4.69) is 0 Å². The minimum Gasteiger partial charge on any atom is -0.490 e. The van der Waals surface area contributed by atoms with Gasteiger partial charge in [-0.1, -0.05) is 19.3 Å². The van der Waals surface area contributed by atoms with Gasteiger partial charge in [0.05, 0.1) is 11.2 Å². The van der Waals surface area contributed by atoms with Crippen LogP contribution in [-0.2, 0) is 0 Å². The Kier molecular flexibility index (Phi) is 4.59. The lowest BCUT2D eigenvalue weighted by Crippen LogP contribution is -2.15. The third kappa shape index (κ3) is 4.06. The van der Waals surface area contributed by atoms with E-state index in [1.807, 2.05) is 35.7 Å². The van der Waals surface area contributed by atoms with Gasteiger partial charge in [-0.15, -0.1) is 23.5 Å². The second kappa shape index (κ2) is 6.40. The highest BCUT2D eigenvalue weighted by Crippen LogP contribution is 2.44. The van der Waals surface area contributed by atoms with Crippen LogP contribution in [0.1, 0.15) is 32.1 Å². The molecule has 2 aliphatic rings. The second-order valence-corrected chi connectivity index (χ2v) is 8.10. The van der Waals surface area contributed by atoms with Crippen LogP contribution in [-0.4, -0.2) is 16.9 Å². The van der Waals surface area contributed by atoms with Gasteiger partial charge in [-0.05, 0) is 37.0 Å². The molecule has 1 saturated carbocycles. The summed E-state index contributed by atoms with van der Waals surface area (Å²) in [5, 5.41) is 0. The summed E-state index contributed by atoms with van der Waals surface area (Å²) in [4.78, 5) is 1.12. The molecule has 1 unspecified atom stereocenters. The largest absolute Gasteiger partial charge is 0.490 e. The van der Waals surface area contributed by atoms with Gasteiger partial charge >= 0.3 is 0 Å². The van der Waals surface area contributed by atoms with E-state index in [-0.39, 0.29) is 5.82 Å². The molecule has 1 saturated heterocycles. The Bertz CT molecular complexity index is 428. The van der Waals surface area contributed by atoms with Gasteiger partial charge in [-0.25, -0.2) is 4.39 Å². The molecule has 0 N–H and O–H groups in total. The molecule has 2 fully saturated rings. The average molecular weight is 298 g/mol. The summed E-state index contributed by atoms with van der Waals surface area (Å²) in [6, 6.07) is 5.25. The first-order valence-corrected chi connectivity index (χ1v) is 8.95. The number of thioether (sulfide) groups is 2. The summed E-state index contributed by atoms with van der Waals surface area (Å²) < 4.78 is 20.1. The number of hydrogen-bond acceptors (Lipinski definition) is 3. The monoisotopic (exact) mass is 298 g/mol. The molecule has 3 rings (SSSR count). The third-order valence-electron chi connectivity index (χ3n) is 3.67. The Morgan fingerprint density at radius 1 is 1.26 bits per heavy atom. The summed E-state index contributed by atoms with van der Waals surface area (Å²) in [6.07, 6.45) is 6.40. The van der Waals surface area contributed by atoms with Crippen molar-refractivity contribution in [1.29, 1.82) is 0 Å². The van der Waals surface area contributed by atoms with Crippen molar-refractivity contribution in [3.8, 4) is 5.75 Å². The molecule has 1 aromatic carbocycles. The molecule has 1 aromatic rings. The quantitative estimate of drug-likeness (QED) is 0.712. The Labute approximate surface area is 122 Å². The maximum absolute atomic E-state index is 13.7. The lowest BCUT2D eigenvalue weighted by atomic mass is 9.90. The smallest absolute Gasteiger partial charge is 0.165 e. The molecule has 0 aromatic heterocycles. The zero-order valence-electron chi connectivity index (χ0n) is 10.9. The van der Waals surface area contributed by atoms with E-state index in [4.69, 9.17) is 4.74 Å². The molecule has 1 aliphatic carbocycles. The van der Waals surface area contributed by atoms with E-state index in [9.17, 15) is 4.39 Å². The van der Waals surface area contributed by atoms with Crippen LogP contribution in [0.4, 0.5) is 4.39 Å². The first-order valence-electron chi connectivity index (χ1n) is 7.02. The highest BCUT2D eigenvalue weighted by atomic mass is 32.2. The fourth-order valence-corrected chi connectivity index (χ4v) is 4.31. The zero-order valence-corrected chi connectivity index (χ0v) is 12.6. The fourth-order valence-electron chi connectivity index (χ4n) is 2.49. The maximum Gasteiger partial charge on any atom is 0.165 e. The van der Waals surface area contributed by atoms with Crippen molar-refractivity contribution in [2.45, 2.75) is 41.6 Å². The lowest BCUT2D eigenvalue weighted by Gasteiger charge is -2.21. The molecule has 1 aliphatic heterocycles. The van der Waals surface area contributed by atoms with Gasteiger partial charge < -0.3 is 4.74 Å². The van der Waals surface area contributed by atoms with Crippen LogP contribution in [0.25, 0.3) is 0 Å². The van der Waals surface area contributed by atoms with Gasteiger partial charge in [-0.3, -0.25) is 0 Å². The summed E-state index contributed by atoms with van der Waals surface area (Å²) in [7, 11) is 0. The Balaban J connectivity index is 1.58. The van der Waals surface area contributed by atoms with Crippen molar-refractivity contribution in [1.82, 2.24) is 0 Å². The van der Waals surface area contributed by atoms with Crippen LogP contribution in [0.2, 0.25) is 0 Å². The predicted molar refractivity (Wildman–Crippen MR) is 80.6 cm³/mol. The number of halogens is 1. The molecule has 19 heavy (non-hydrogen) atoms. The van der Waals surface area contributed by atoms with Gasteiger partial charge in [0, 0.05) is 10.6 Å². The Morgan fingerprint density at radius 2 is 2.05 bits per heavy atom. The first-order chi connectivity index (χ1) is 9.31. The molecule has 104 valence electrons. The van der Waals surface area contributed by atoms with E-state index in [1.165, 1.54) is 43.9 Å². The zero-order chi connectivity index (χ0) is 13.1. The first kappa shape index (κ1) is 13.6. The minimum atomic E-state index is -0.233. The molecule has 1 nitrogen and oxygen atoms in total. The van der Waals surface area contributed by atoms with Crippen molar-refractivity contribution in [2.24, 2.45) is 5.92 Å². The van der Waals surface area contributed by atoms with Crippen LogP contribution in [0.3, 0.4) is 0 Å². The van der Waals surface area contributed by atoms with Gasteiger partial charge in [0.2, 0.25) is 0 Å². The molecule has 1 atom stereocenters. The molecule has 0 radical (unpaired) electrons. The SMILES string of the molecule is Fc1ccc(SC2CS2)cc1OCC1CCCCC1. The highest BCUT2D eigenvalue weighted by Gasteiger charge is 2.24. The van der Waals surface area contributed by atoms with Gasteiger partial charge in [0.25, 0.3) is 0 Å².